The van der Waals surface area contributed by atoms with Crippen molar-refractivity contribution < 1.29 is 14.3 Å². The number of nitrogens with zero attached hydrogens (tertiary/aromatic N) is 1. The van der Waals surface area contributed by atoms with Crippen molar-refractivity contribution in [3.8, 4) is 11.5 Å². The first-order chi connectivity index (χ1) is 10.9. The molecule has 0 unspecified atom stereocenters. The van der Waals surface area contributed by atoms with Crippen molar-refractivity contribution in [1.29, 1.82) is 0 Å². The molecule has 2 rings (SSSR count). The van der Waals surface area contributed by atoms with Crippen LogP contribution in [0, 0.1) is 0 Å². The van der Waals surface area contributed by atoms with Crippen molar-refractivity contribution in [2.24, 2.45) is 5.73 Å². The molecule has 1 heterocycles. The number of methoxy groups -OCH3 is 1. The Morgan fingerprint density at radius 3 is 2.61 bits per heavy atom. The lowest BCUT2D eigenvalue weighted by atomic mass is 10.2. The second-order valence-corrected chi connectivity index (χ2v) is 5.48. The van der Waals surface area contributed by atoms with Gasteiger partial charge in [0.05, 0.1) is 23.8 Å². The lowest BCUT2D eigenvalue weighted by Crippen LogP contribution is -2.11. The summed E-state index contributed by atoms with van der Waals surface area (Å²) >= 11 is 6.11. The van der Waals surface area contributed by atoms with E-state index in [-0.39, 0.29) is 11.7 Å². The van der Waals surface area contributed by atoms with E-state index in [0.717, 1.165) is 5.69 Å². The first-order valence-corrected chi connectivity index (χ1v) is 7.35. The van der Waals surface area contributed by atoms with Gasteiger partial charge in [0.2, 0.25) is 5.91 Å². The van der Waals surface area contributed by atoms with Gasteiger partial charge in [-0.3, -0.25) is 4.79 Å². The van der Waals surface area contributed by atoms with Crippen LogP contribution in [0.1, 0.15) is 24.2 Å². The van der Waals surface area contributed by atoms with Gasteiger partial charge >= 0.3 is 0 Å². The summed E-state index contributed by atoms with van der Waals surface area (Å²) < 4.78 is 11.0. The minimum Gasteiger partial charge on any atom is -0.493 e. The third-order valence-corrected chi connectivity index (χ3v) is 3.20. The van der Waals surface area contributed by atoms with Crippen LogP contribution in [0.25, 0.3) is 0 Å². The van der Waals surface area contributed by atoms with Crippen molar-refractivity contribution in [2.75, 3.05) is 12.4 Å². The van der Waals surface area contributed by atoms with Crippen LogP contribution >= 0.6 is 11.6 Å². The van der Waals surface area contributed by atoms with E-state index in [2.05, 4.69) is 10.3 Å². The van der Waals surface area contributed by atoms with Crippen molar-refractivity contribution in [3.63, 3.8) is 0 Å². The highest BCUT2D eigenvalue weighted by Gasteiger charge is 2.10. The fraction of sp³-hybridized carbons (Fsp3) is 0.250. The summed E-state index contributed by atoms with van der Waals surface area (Å²) in [5.41, 5.74) is 6.16. The van der Waals surface area contributed by atoms with Gasteiger partial charge in [0, 0.05) is 18.0 Å². The van der Waals surface area contributed by atoms with E-state index in [0.29, 0.717) is 22.3 Å². The number of hydrogen-bond acceptors (Lipinski definition) is 5. The summed E-state index contributed by atoms with van der Waals surface area (Å²) in [5.74, 6) is 1.07. The van der Waals surface area contributed by atoms with Crippen LogP contribution < -0.4 is 20.5 Å². The Kier molecular flexibility index (Phi) is 5.28. The number of carbonyl (C=O) groups is 1. The number of nitrogens with one attached hydrogen (secondary N) is 1. The van der Waals surface area contributed by atoms with E-state index in [4.69, 9.17) is 26.8 Å². The van der Waals surface area contributed by atoms with Crippen LogP contribution in [0.4, 0.5) is 11.5 Å². The lowest BCUT2D eigenvalue weighted by molar-refractivity contribution is 0.1000. The molecule has 0 atom stereocenters. The van der Waals surface area contributed by atoms with Gasteiger partial charge in [-0.25, -0.2) is 4.98 Å². The van der Waals surface area contributed by atoms with Crippen molar-refractivity contribution in [1.82, 2.24) is 4.98 Å². The fourth-order valence-corrected chi connectivity index (χ4v) is 2.11. The average Bonchev–Trinajstić information content (AvgIpc) is 2.50. The topological polar surface area (TPSA) is 86.5 Å². The molecule has 0 saturated carbocycles. The minimum atomic E-state index is -0.581. The highest BCUT2D eigenvalue weighted by Crippen LogP contribution is 2.33. The Morgan fingerprint density at radius 1 is 1.30 bits per heavy atom. The monoisotopic (exact) mass is 335 g/mol. The standard InChI is InChI=1S/C16H18ClN3O3/c1-9(2)23-13-5-4-11(7-14(13)22-3)20-16-12(17)6-10(8-19-16)15(18)21/h4-9H,1-3H3,(H2,18,21)(H,19,20). The molecule has 1 aromatic carbocycles. The zero-order chi connectivity index (χ0) is 17.0. The first-order valence-electron chi connectivity index (χ1n) is 6.97. The Hall–Kier alpha value is -2.47. The molecule has 3 N–H and O–H groups in total. The summed E-state index contributed by atoms with van der Waals surface area (Å²) in [6.07, 6.45) is 1.41. The van der Waals surface area contributed by atoms with Crippen molar-refractivity contribution in [3.05, 3.63) is 41.0 Å². The number of ether oxygens (including phenoxy) is 2. The highest BCUT2D eigenvalue weighted by molar-refractivity contribution is 6.33. The molecule has 1 amide bonds. The number of amides is 1. The number of pyridine rings is 1. The first kappa shape index (κ1) is 16.9. The van der Waals surface area contributed by atoms with Gasteiger partial charge in [0.15, 0.2) is 11.5 Å². The smallest absolute Gasteiger partial charge is 0.250 e. The second kappa shape index (κ2) is 7.19. The van der Waals surface area contributed by atoms with Gasteiger partial charge in [-0.2, -0.15) is 0 Å². The van der Waals surface area contributed by atoms with Crippen LogP contribution in [-0.2, 0) is 0 Å². The van der Waals surface area contributed by atoms with Crippen LogP contribution in [-0.4, -0.2) is 24.1 Å². The number of carbonyl (C=O) groups excluding carboxylic acids is 1. The third kappa shape index (κ3) is 4.26. The Bertz CT molecular complexity index is 720. The largest absolute Gasteiger partial charge is 0.493 e. The maximum absolute atomic E-state index is 11.1. The van der Waals surface area contributed by atoms with Gasteiger partial charge in [-0.1, -0.05) is 11.6 Å². The van der Waals surface area contributed by atoms with Gasteiger partial charge in [-0.05, 0) is 32.0 Å². The van der Waals surface area contributed by atoms with Crippen LogP contribution in [0.3, 0.4) is 0 Å². The van der Waals surface area contributed by atoms with Gasteiger partial charge in [-0.15, -0.1) is 0 Å². The number of rotatable bonds is 6. The molecule has 0 spiro atoms. The third-order valence-electron chi connectivity index (χ3n) is 2.91. The zero-order valence-electron chi connectivity index (χ0n) is 13.1. The molecule has 0 aliphatic carbocycles. The fourth-order valence-electron chi connectivity index (χ4n) is 1.90. The highest BCUT2D eigenvalue weighted by atomic mass is 35.5. The molecule has 0 radical (unpaired) electrons. The number of halogens is 1. The molecule has 6 nitrogen and oxygen atoms in total. The minimum absolute atomic E-state index is 0.0418. The number of hydrogen-bond donors (Lipinski definition) is 2. The van der Waals surface area contributed by atoms with Crippen LogP contribution in [0.2, 0.25) is 5.02 Å². The maximum atomic E-state index is 11.1. The molecule has 7 heteroatoms. The number of aromatic nitrogens is 1. The summed E-state index contributed by atoms with van der Waals surface area (Å²) in [5, 5.41) is 3.36. The van der Waals surface area contributed by atoms with Crippen LogP contribution in [0.15, 0.2) is 30.5 Å². The summed E-state index contributed by atoms with van der Waals surface area (Å²) in [6, 6.07) is 6.86. The van der Waals surface area contributed by atoms with Crippen molar-refractivity contribution in [2.45, 2.75) is 20.0 Å². The lowest BCUT2D eigenvalue weighted by Gasteiger charge is -2.15. The van der Waals surface area contributed by atoms with E-state index in [1.807, 2.05) is 19.9 Å². The number of nitrogens with two attached hydrogens (primary N) is 1. The molecular weight excluding hydrogens is 318 g/mol. The van der Waals surface area contributed by atoms with Crippen LogP contribution in [0.5, 0.6) is 11.5 Å². The number of primary amides is 1. The molecule has 0 aliphatic rings. The molecule has 23 heavy (non-hydrogen) atoms. The quantitative estimate of drug-likeness (QED) is 0.845. The molecule has 2 aromatic rings. The molecule has 0 saturated heterocycles. The Labute approximate surface area is 139 Å². The molecule has 0 fully saturated rings. The SMILES string of the molecule is COc1cc(Nc2ncc(C(N)=O)cc2Cl)ccc1OC(C)C. The number of benzene rings is 1. The predicted molar refractivity (Wildman–Crippen MR) is 89.8 cm³/mol. The van der Waals surface area contributed by atoms with Gasteiger partial charge in [0.1, 0.15) is 5.82 Å². The Morgan fingerprint density at radius 2 is 2.04 bits per heavy atom. The van der Waals surface area contributed by atoms with Gasteiger partial charge in [0.25, 0.3) is 0 Å². The summed E-state index contributed by atoms with van der Waals surface area (Å²) in [4.78, 5) is 15.2. The maximum Gasteiger partial charge on any atom is 0.250 e. The molecule has 0 aliphatic heterocycles. The molecule has 0 bridgehead atoms. The summed E-state index contributed by atoms with van der Waals surface area (Å²) in [7, 11) is 1.57. The second-order valence-electron chi connectivity index (χ2n) is 5.08. The van der Waals surface area contributed by atoms with Gasteiger partial charge < -0.3 is 20.5 Å². The molecule has 122 valence electrons. The van der Waals surface area contributed by atoms with E-state index < -0.39 is 5.91 Å². The van der Waals surface area contributed by atoms with E-state index in [1.54, 1.807) is 19.2 Å². The normalized spacial score (nSPS) is 10.5. The molecular formula is C16H18ClN3O3. The predicted octanol–water partition coefficient (Wildman–Crippen LogP) is 3.37. The molecule has 1 aromatic heterocycles. The number of anilines is 2. The zero-order valence-corrected chi connectivity index (χ0v) is 13.8. The van der Waals surface area contributed by atoms with Crippen molar-refractivity contribution >= 4 is 29.0 Å². The van der Waals surface area contributed by atoms with E-state index in [1.165, 1.54) is 12.3 Å². The summed E-state index contributed by atoms with van der Waals surface area (Å²) in [6.45, 7) is 3.88. The van der Waals surface area contributed by atoms with E-state index >= 15 is 0 Å². The Balaban J connectivity index is 2.25. The van der Waals surface area contributed by atoms with E-state index in [9.17, 15) is 4.79 Å². The average molecular weight is 336 g/mol.